The maximum absolute atomic E-state index is 14.1. The third kappa shape index (κ3) is 5.43. The predicted molar refractivity (Wildman–Crippen MR) is 133 cm³/mol. The van der Waals surface area contributed by atoms with Gasteiger partial charge in [0.05, 0.1) is 25.3 Å². The number of methoxy groups -OCH3 is 1. The number of sulfone groups is 1. The van der Waals surface area contributed by atoms with Crippen molar-refractivity contribution in [3.63, 3.8) is 0 Å². The van der Waals surface area contributed by atoms with E-state index in [9.17, 15) is 22.8 Å². The van der Waals surface area contributed by atoms with Crippen LogP contribution >= 0.6 is 0 Å². The number of hydrogen-bond acceptors (Lipinski definition) is 6. The molecule has 0 saturated heterocycles. The molecule has 1 aliphatic rings. The largest absolute Gasteiger partial charge is 0.495 e. The second-order valence-electron chi connectivity index (χ2n) is 9.13. The van der Waals surface area contributed by atoms with Gasteiger partial charge in [-0.2, -0.15) is 0 Å². The number of hydrogen-bond donors (Lipinski definition) is 1. The molecule has 7 nitrogen and oxygen atoms in total. The summed E-state index contributed by atoms with van der Waals surface area (Å²) in [4.78, 5) is 14.9. The van der Waals surface area contributed by atoms with Gasteiger partial charge in [0.1, 0.15) is 16.5 Å². The van der Waals surface area contributed by atoms with Crippen LogP contribution in [0.1, 0.15) is 40.8 Å². The van der Waals surface area contributed by atoms with E-state index in [1.165, 1.54) is 56.0 Å². The molecule has 0 bridgehead atoms. The van der Waals surface area contributed by atoms with Crippen LogP contribution in [0.3, 0.4) is 0 Å². The molecule has 1 atom stereocenters. The first-order chi connectivity index (χ1) is 17.1. The van der Waals surface area contributed by atoms with Gasteiger partial charge in [-0.15, -0.1) is 0 Å². The summed E-state index contributed by atoms with van der Waals surface area (Å²) in [5.41, 5.74) is 3.67. The van der Waals surface area contributed by atoms with E-state index >= 15 is 0 Å². The van der Waals surface area contributed by atoms with E-state index in [0.29, 0.717) is 16.2 Å². The third-order valence-corrected chi connectivity index (χ3v) is 8.12. The Hall–Kier alpha value is -3.27. The lowest BCUT2D eigenvalue weighted by molar-refractivity contribution is -0.174. The number of hydroxylamine groups is 2. The predicted octanol–water partition coefficient (Wildman–Crippen LogP) is 4.28. The quantitative estimate of drug-likeness (QED) is 0.358. The van der Waals surface area contributed by atoms with Gasteiger partial charge in [-0.1, -0.05) is 42.5 Å². The number of carbonyl (C=O) groups is 1. The van der Waals surface area contributed by atoms with Crippen molar-refractivity contribution in [3.05, 3.63) is 94.3 Å². The van der Waals surface area contributed by atoms with Crippen LogP contribution in [-0.4, -0.2) is 43.7 Å². The molecule has 1 N–H and O–H groups in total. The minimum absolute atomic E-state index is 0.0272. The molecule has 4 rings (SSSR count). The van der Waals surface area contributed by atoms with Gasteiger partial charge in [0.25, 0.3) is 5.91 Å². The Bertz CT molecular complexity index is 1390. The molecule has 0 fully saturated rings. The SMILES string of the molecule is COc1cc(CC(=O)N(O)C(C)c2ccccc2F)ccc1S(=O)(=O)Cc1ccc2c(c1)CN(C)C2. The van der Waals surface area contributed by atoms with Crippen LogP contribution in [0.5, 0.6) is 5.75 Å². The zero-order valence-electron chi connectivity index (χ0n) is 20.4. The van der Waals surface area contributed by atoms with Gasteiger partial charge in [-0.25, -0.2) is 17.9 Å². The highest BCUT2D eigenvalue weighted by atomic mass is 32.2. The maximum Gasteiger partial charge on any atom is 0.250 e. The highest BCUT2D eigenvalue weighted by Gasteiger charge is 2.25. The van der Waals surface area contributed by atoms with E-state index in [1.807, 2.05) is 25.2 Å². The van der Waals surface area contributed by atoms with Crippen LogP contribution in [0.15, 0.2) is 65.6 Å². The lowest BCUT2D eigenvalue weighted by Gasteiger charge is -2.23. The van der Waals surface area contributed by atoms with Crippen LogP contribution in [0.25, 0.3) is 0 Å². The van der Waals surface area contributed by atoms with Crippen LogP contribution < -0.4 is 4.74 Å². The Kier molecular flexibility index (Phi) is 7.44. The number of rotatable bonds is 8. The third-order valence-electron chi connectivity index (χ3n) is 6.40. The fourth-order valence-electron chi connectivity index (χ4n) is 4.50. The Morgan fingerprint density at radius 2 is 1.78 bits per heavy atom. The molecule has 1 amide bonds. The zero-order chi connectivity index (χ0) is 26.0. The molecule has 0 aromatic heterocycles. The molecular weight excluding hydrogens is 483 g/mol. The molecule has 190 valence electrons. The summed E-state index contributed by atoms with van der Waals surface area (Å²) in [7, 11) is -0.345. The van der Waals surface area contributed by atoms with E-state index in [1.54, 1.807) is 6.07 Å². The normalized spacial score (nSPS) is 14.4. The van der Waals surface area contributed by atoms with Gasteiger partial charge in [0.2, 0.25) is 0 Å². The summed E-state index contributed by atoms with van der Waals surface area (Å²) >= 11 is 0. The lowest BCUT2D eigenvalue weighted by Crippen LogP contribution is -2.32. The first-order valence-corrected chi connectivity index (χ1v) is 13.2. The average molecular weight is 513 g/mol. The average Bonchev–Trinajstić information content (AvgIpc) is 3.22. The van der Waals surface area contributed by atoms with Gasteiger partial charge < -0.3 is 4.74 Å². The van der Waals surface area contributed by atoms with Gasteiger partial charge in [-0.3, -0.25) is 14.9 Å². The van der Waals surface area contributed by atoms with Crippen LogP contribution in [0.2, 0.25) is 0 Å². The van der Waals surface area contributed by atoms with E-state index in [-0.39, 0.29) is 28.4 Å². The van der Waals surface area contributed by atoms with Gasteiger partial charge in [0.15, 0.2) is 9.84 Å². The summed E-state index contributed by atoms with van der Waals surface area (Å²) < 4.78 is 45.9. The van der Waals surface area contributed by atoms with E-state index in [2.05, 4.69) is 4.90 Å². The van der Waals surface area contributed by atoms with Crippen LogP contribution in [0.4, 0.5) is 4.39 Å². The molecule has 0 saturated carbocycles. The molecular formula is C27H29FN2O5S. The molecule has 1 heterocycles. The fraction of sp³-hybridized carbons (Fsp3) is 0.296. The van der Waals surface area contributed by atoms with Gasteiger partial charge in [0, 0.05) is 18.7 Å². The van der Waals surface area contributed by atoms with E-state index in [4.69, 9.17) is 4.74 Å². The number of carbonyl (C=O) groups excluding carboxylic acids is 1. The summed E-state index contributed by atoms with van der Waals surface area (Å²) in [6, 6.07) is 15.2. The highest BCUT2D eigenvalue weighted by molar-refractivity contribution is 7.90. The Morgan fingerprint density at radius 3 is 2.50 bits per heavy atom. The molecule has 0 radical (unpaired) electrons. The number of halogens is 1. The fourth-order valence-corrected chi connectivity index (χ4v) is 6.00. The monoisotopic (exact) mass is 512 g/mol. The molecule has 3 aromatic rings. The topological polar surface area (TPSA) is 87.1 Å². The van der Waals surface area contributed by atoms with Gasteiger partial charge in [-0.05, 0) is 54.4 Å². The Balaban J connectivity index is 1.50. The van der Waals surface area contributed by atoms with Crippen LogP contribution in [0, 0.1) is 5.82 Å². The van der Waals surface area contributed by atoms with Crippen molar-refractivity contribution >= 4 is 15.7 Å². The summed E-state index contributed by atoms with van der Waals surface area (Å²) in [5, 5.41) is 10.9. The molecule has 3 aromatic carbocycles. The number of amides is 1. The molecule has 1 aliphatic heterocycles. The minimum Gasteiger partial charge on any atom is -0.495 e. The van der Waals surface area contributed by atoms with Crippen molar-refractivity contribution in [1.82, 2.24) is 9.96 Å². The minimum atomic E-state index is -3.73. The lowest BCUT2D eigenvalue weighted by atomic mass is 10.1. The number of nitrogens with zero attached hydrogens (tertiary/aromatic N) is 2. The van der Waals surface area contributed by atoms with Crippen molar-refractivity contribution in [2.24, 2.45) is 0 Å². The van der Waals surface area contributed by atoms with Crippen molar-refractivity contribution in [3.8, 4) is 5.75 Å². The Labute approximate surface area is 210 Å². The first kappa shape index (κ1) is 25.8. The number of fused-ring (bicyclic) bond motifs is 1. The number of ether oxygens (including phenoxy) is 1. The zero-order valence-corrected chi connectivity index (χ0v) is 21.3. The maximum atomic E-state index is 14.1. The van der Waals surface area contributed by atoms with Gasteiger partial charge >= 0.3 is 0 Å². The first-order valence-electron chi connectivity index (χ1n) is 11.5. The molecule has 0 spiro atoms. The molecule has 0 aliphatic carbocycles. The van der Waals surface area contributed by atoms with E-state index < -0.39 is 27.6 Å². The summed E-state index contributed by atoms with van der Waals surface area (Å²) in [6.07, 6.45) is -0.218. The van der Waals surface area contributed by atoms with Crippen LogP contribution in [-0.2, 0) is 39.9 Å². The second-order valence-corrected chi connectivity index (χ2v) is 11.1. The smallest absolute Gasteiger partial charge is 0.250 e. The second kappa shape index (κ2) is 10.4. The highest BCUT2D eigenvalue weighted by Crippen LogP contribution is 2.30. The summed E-state index contributed by atoms with van der Waals surface area (Å²) in [6.45, 7) is 3.15. The van der Waals surface area contributed by atoms with Crippen molar-refractivity contribution < 1.29 is 27.5 Å². The van der Waals surface area contributed by atoms with E-state index in [0.717, 1.165) is 18.7 Å². The standard InChI is InChI=1S/C27H29FN2O5S/c1-18(23-6-4-5-7-24(23)28)30(32)27(31)14-19-9-11-26(25(13-19)35-3)36(33,34)17-20-8-10-21-15-29(2)16-22(21)12-20/h4-13,18,32H,14-17H2,1-3H3. The number of benzene rings is 3. The Morgan fingerprint density at radius 1 is 1.08 bits per heavy atom. The summed E-state index contributed by atoms with van der Waals surface area (Å²) in [5.74, 6) is -1.24. The molecule has 9 heteroatoms. The van der Waals surface area contributed by atoms with Crippen molar-refractivity contribution in [2.75, 3.05) is 14.2 Å². The molecule has 36 heavy (non-hydrogen) atoms. The van der Waals surface area contributed by atoms with Crippen molar-refractivity contribution in [1.29, 1.82) is 0 Å². The van der Waals surface area contributed by atoms with Crippen molar-refractivity contribution in [2.45, 2.75) is 43.1 Å². The molecule has 1 unspecified atom stereocenters.